The molecule has 2 N–H and O–H groups in total. The van der Waals surface area contributed by atoms with Crippen LogP contribution in [-0.2, 0) is 9.53 Å². The van der Waals surface area contributed by atoms with Gasteiger partial charge in [-0.05, 0) is 132 Å². The number of allylic oxidation sites excluding steroid dienone is 4. The van der Waals surface area contributed by atoms with Crippen LogP contribution in [0.4, 0.5) is 0 Å². The number of carbonyl (C=O) groups is 1. The Labute approximate surface area is 259 Å². The normalized spacial score (nSPS) is 43.4. The zero-order valence-electron chi connectivity index (χ0n) is 27.6. The van der Waals surface area contributed by atoms with Crippen molar-refractivity contribution in [3.63, 3.8) is 0 Å². The van der Waals surface area contributed by atoms with Crippen LogP contribution in [0.15, 0.2) is 53.6 Å². The number of hydrogen-bond donors (Lipinski definition) is 2. The average molecular weight is 587 g/mol. The molecule has 5 aliphatic carbocycles. The molecule has 0 spiro atoms. The number of rotatable bonds is 4. The summed E-state index contributed by atoms with van der Waals surface area (Å²) in [5, 5.41) is 19.9. The first-order valence-electron chi connectivity index (χ1n) is 16.8. The Morgan fingerprint density at radius 1 is 0.907 bits per heavy atom. The van der Waals surface area contributed by atoms with E-state index < -0.39 is 0 Å². The van der Waals surface area contributed by atoms with E-state index in [1.165, 1.54) is 25.3 Å². The van der Waals surface area contributed by atoms with E-state index in [-0.39, 0.29) is 44.9 Å². The van der Waals surface area contributed by atoms with E-state index in [1.807, 2.05) is 0 Å². The van der Waals surface area contributed by atoms with Crippen molar-refractivity contribution in [3.8, 4) is 5.75 Å². The maximum absolute atomic E-state index is 13.0. The molecule has 1 aromatic carbocycles. The van der Waals surface area contributed by atoms with Crippen LogP contribution in [0.5, 0.6) is 5.75 Å². The number of hydrogen-bond acceptors (Lipinski definition) is 4. The first-order chi connectivity index (χ1) is 20.1. The zero-order valence-corrected chi connectivity index (χ0v) is 27.6. The summed E-state index contributed by atoms with van der Waals surface area (Å²) in [5.41, 5.74) is 4.67. The van der Waals surface area contributed by atoms with Gasteiger partial charge in [-0.3, -0.25) is 0 Å². The number of benzene rings is 1. The molecule has 4 nitrogen and oxygen atoms in total. The SMILES string of the molecule is CC1(C)[C@@H](OC(=O)C=Cc2ccc(O)cc2)CC[C@]2(C)C3=CC[C@@]4(C)[C@@H]5C[C@](C)(CO)CC[C@]5(C)CC[C@]4(C)C3=CC[C@@H]12. The second-order valence-electron chi connectivity index (χ2n) is 17.0. The van der Waals surface area contributed by atoms with Gasteiger partial charge in [0, 0.05) is 18.1 Å². The van der Waals surface area contributed by atoms with Crippen LogP contribution in [0.2, 0.25) is 0 Å². The molecule has 4 heteroatoms. The summed E-state index contributed by atoms with van der Waals surface area (Å²) >= 11 is 0. The minimum Gasteiger partial charge on any atom is -0.508 e. The highest BCUT2D eigenvalue weighted by molar-refractivity contribution is 5.87. The molecule has 8 atom stereocenters. The maximum atomic E-state index is 13.0. The van der Waals surface area contributed by atoms with Gasteiger partial charge in [0.05, 0.1) is 0 Å². The van der Waals surface area contributed by atoms with Gasteiger partial charge in [-0.25, -0.2) is 4.79 Å². The second-order valence-corrected chi connectivity index (χ2v) is 17.0. The number of aliphatic hydroxyl groups excluding tert-OH is 1. The Morgan fingerprint density at radius 3 is 2.30 bits per heavy atom. The minimum absolute atomic E-state index is 0.0343. The Balaban J connectivity index is 1.26. The Bertz CT molecular complexity index is 1370. The Morgan fingerprint density at radius 2 is 1.60 bits per heavy atom. The molecule has 0 aromatic heterocycles. The molecule has 0 aliphatic heterocycles. The third kappa shape index (κ3) is 4.60. The molecule has 6 rings (SSSR count). The topological polar surface area (TPSA) is 66.8 Å². The molecule has 3 fully saturated rings. The quantitative estimate of drug-likeness (QED) is 0.273. The van der Waals surface area contributed by atoms with E-state index in [2.05, 4.69) is 60.6 Å². The van der Waals surface area contributed by atoms with Gasteiger partial charge in [0.2, 0.25) is 0 Å². The highest BCUT2D eigenvalue weighted by atomic mass is 16.5. The van der Waals surface area contributed by atoms with Crippen molar-refractivity contribution in [1.29, 1.82) is 0 Å². The maximum Gasteiger partial charge on any atom is 0.331 e. The van der Waals surface area contributed by atoms with Crippen LogP contribution in [0.3, 0.4) is 0 Å². The lowest BCUT2D eigenvalue weighted by molar-refractivity contribution is -0.164. The summed E-state index contributed by atoms with van der Waals surface area (Å²) in [6.07, 6.45) is 18.4. The predicted molar refractivity (Wildman–Crippen MR) is 173 cm³/mol. The minimum atomic E-state index is -0.297. The summed E-state index contributed by atoms with van der Waals surface area (Å²) in [5.74, 6) is 0.922. The molecule has 0 unspecified atom stereocenters. The van der Waals surface area contributed by atoms with Crippen molar-refractivity contribution in [2.24, 2.45) is 44.3 Å². The van der Waals surface area contributed by atoms with E-state index in [4.69, 9.17) is 4.74 Å². The van der Waals surface area contributed by atoms with Gasteiger partial charge in [-0.15, -0.1) is 0 Å². The molecule has 0 saturated heterocycles. The fourth-order valence-corrected chi connectivity index (χ4v) is 10.9. The third-order valence-corrected chi connectivity index (χ3v) is 14.2. The Hall–Kier alpha value is -2.33. The van der Waals surface area contributed by atoms with Crippen LogP contribution in [0.25, 0.3) is 6.08 Å². The van der Waals surface area contributed by atoms with Gasteiger partial charge in [0.15, 0.2) is 0 Å². The standard InChI is InChI=1S/C39H54O4/c1-34(2)30-14-13-29-28(37(30,5)18-17-32(34)43-33(42)15-10-26-8-11-27(41)12-9-26)16-19-39(7)31-24-35(3,25-40)20-21-36(31,4)22-23-38(29,39)6/h8-13,15-16,30-32,40-41H,14,17-25H2,1-7H3/t30-,31+,32-,35+,36+,37+,38+,39-/m0/s1. The van der Waals surface area contributed by atoms with Crippen LogP contribution in [0, 0.1) is 44.3 Å². The largest absolute Gasteiger partial charge is 0.508 e. The Kier molecular flexibility index (Phi) is 7.20. The van der Waals surface area contributed by atoms with Crippen molar-refractivity contribution in [2.75, 3.05) is 6.61 Å². The van der Waals surface area contributed by atoms with Crippen molar-refractivity contribution < 1.29 is 19.7 Å². The fraction of sp³-hybridized carbons (Fsp3) is 0.667. The van der Waals surface area contributed by atoms with Gasteiger partial charge in [0.25, 0.3) is 0 Å². The van der Waals surface area contributed by atoms with Gasteiger partial charge >= 0.3 is 5.97 Å². The van der Waals surface area contributed by atoms with Crippen molar-refractivity contribution in [3.05, 3.63) is 59.2 Å². The van der Waals surface area contributed by atoms with Crippen LogP contribution in [-0.4, -0.2) is 28.9 Å². The lowest BCUT2D eigenvalue weighted by Gasteiger charge is -2.69. The van der Waals surface area contributed by atoms with Gasteiger partial charge in [0.1, 0.15) is 11.9 Å². The zero-order chi connectivity index (χ0) is 31.1. The molecule has 0 radical (unpaired) electrons. The van der Waals surface area contributed by atoms with Crippen LogP contribution >= 0.6 is 0 Å². The number of esters is 1. The van der Waals surface area contributed by atoms with Gasteiger partial charge < -0.3 is 14.9 Å². The summed E-state index contributed by atoms with van der Waals surface area (Å²) < 4.78 is 6.17. The lowest BCUT2D eigenvalue weighted by Crippen LogP contribution is -2.61. The second kappa shape index (κ2) is 10.1. The molecule has 1 aromatic rings. The van der Waals surface area contributed by atoms with Crippen molar-refractivity contribution in [1.82, 2.24) is 0 Å². The van der Waals surface area contributed by atoms with E-state index in [0.717, 1.165) is 44.1 Å². The first-order valence-corrected chi connectivity index (χ1v) is 16.8. The number of fused-ring (bicyclic) bond motifs is 7. The number of ether oxygens (including phenoxy) is 1. The summed E-state index contributed by atoms with van der Waals surface area (Å²) in [6, 6.07) is 6.82. The average Bonchev–Trinajstić information content (AvgIpc) is 2.96. The summed E-state index contributed by atoms with van der Waals surface area (Å²) in [6.45, 7) is 17.5. The fourth-order valence-electron chi connectivity index (χ4n) is 10.9. The number of phenols is 1. The highest BCUT2D eigenvalue weighted by Gasteiger charge is 2.66. The van der Waals surface area contributed by atoms with Crippen molar-refractivity contribution in [2.45, 2.75) is 112 Å². The van der Waals surface area contributed by atoms with E-state index in [0.29, 0.717) is 23.9 Å². The van der Waals surface area contributed by atoms with E-state index in [9.17, 15) is 15.0 Å². The third-order valence-electron chi connectivity index (χ3n) is 14.2. The number of carbonyl (C=O) groups excluding carboxylic acids is 1. The molecule has 5 aliphatic rings. The lowest BCUT2D eigenvalue weighted by atomic mass is 9.36. The van der Waals surface area contributed by atoms with E-state index >= 15 is 0 Å². The number of aliphatic hydroxyl groups is 1. The molecule has 0 amide bonds. The molecule has 3 saturated carbocycles. The molecule has 0 bridgehead atoms. The number of aromatic hydroxyl groups is 1. The van der Waals surface area contributed by atoms with Crippen LogP contribution in [0.1, 0.15) is 112 Å². The molecule has 234 valence electrons. The van der Waals surface area contributed by atoms with E-state index in [1.54, 1.807) is 41.5 Å². The smallest absolute Gasteiger partial charge is 0.331 e. The van der Waals surface area contributed by atoms with Gasteiger partial charge in [-0.1, -0.05) is 72.8 Å². The molecule has 0 heterocycles. The van der Waals surface area contributed by atoms with Crippen molar-refractivity contribution >= 4 is 12.0 Å². The van der Waals surface area contributed by atoms with Gasteiger partial charge in [-0.2, -0.15) is 0 Å². The first kappa shape index (κ1) is 30.7. The van der Waals surface area contributed by atoms with Crippen LogP contribution < -0.4 is 0 Å². The summed E-state index contributed by atoms with van der Waals surface area (Å²) in [7, 11) is 0. The molecular formula is C39H54O4. The predicted octanol–water partition coefficient (Wildman–Crippen LogP) is 9.03. The number of phenolic OH excluding ortho intramolecular Hbond substituents is 1. The highest BCUT2D eigenvalue weighted by Crippen LogP contribution is 2.74. The molecular weight excluding hydrogens is 532 g/mol. The monoisotopic (exact) mass is 586 g/mol. The summed E-state index contributed by atoms with van der Waals surface area (Å²) in [4.78, 5) is 13.0. The molecule has 43 heavy (non-hydrogen) atoms.